The lowest BCUT2D eigenvalue weighted by Gasteiger charge is -2.38. The number of amides is 1. The first kappa shape index (κ1) is 18.2. The molecule has 0 saturated carbocycles. The van der Waals surface area contributed by atoms with Gasteiger partial charge in [0.15, 0.2) is 0 Å². The summed E-state index contributed by atoms with van der Waals surface area (Å²) >= 11 is 0. The number of hydrogen-bond acceptors (Lipinski definition) is 3. The minimum absolute atomic E-state index is 0.0857. The van der Waals surface area contributed by atoms with Gasteiger partial charge in [-0.3, -0.25) is 4.79 Å². The zero-order valence-corrected chi connectivity index (χ0v) is 16.4. The van der Waals surface area contributed by atoms with Crippen molar-refractivity contribution in [1.82, 2.24) is 14.3 Å². The highest BCUT2D eigenvalue weighted by Gasteiger charge is 2.42. The molecule has 5 nitrogen and oxygen atoms in total. The Balaban J connectivity index is 1.21. The number of imidazole rings is 1. The summed E-state index contributed by atoms with van der Waals surface area (Å²) < 4.78 is 16.3. The number of piperazine rings is 1. The molecular formula is C23H25FN4O. The maximum atomic E-state index is 14.2. The number of aryl methyl sites for hydroxylation is 1. The fourth-order valence-corrected chi connectivity index (χ4v) is 4.92. The quantitative estimate of drug-likeness (QED) is 0.667. The van der Waals surface area contributed by atoms with Crippen molar-refractivity contribution in [2.75, 3.05) is 24.5 Å². The summed E-state index contributed by atoms with van der Waals surface area (Å²) in [6.07, 6.45) is 7.49. The van der Waals surface area contributed by atoms with Gasteiger partial charge in [-0.2, -0.15) is 0 Å². The van der Waals surface area contributed by atoms with Crippen LogP contribution in [0.1, 0.15) is 25.0 Å². The number of anilines is 1. The highest BCUT2D eigenvalue weighted by atomic mass is 19.1. The monoisotopic (exact) mass is 392 g/mol. The van der Waals surface area contributed by atoms with Crippen molar-refractivity contribution < 1.29 is 9.18 Å². The fourth-order valence-electron chi connectivity index (χ4n) is 4.92. The summed E-state index contributed by atoms with van der Waals surface area (Å²) in [7, 11) is 0. The molecule has 2 aliphatic heterocycles. The molecule has 6 heteroatoms. The second-order valence-corrected chi connectivity index (χ2v) is 8.08. The minimum atomic E-state index is -0.185. The molecular weight excluding hydrogens is 367 g/mol. The Morgan fingerprint density at radius 2 is 2.00 bits per heavy atom. The Labute approximate surface area is 169 Å². The van der Waals surface area contributed by atoms with E-state index >= 15 is 0 Å². The highest BCUT2D eigenvalue weighted by Crippen LogP contribution is 2.33. The molecule has 29 heavy (non-hydrogen) atoms. The third-order valence-corrected chi connectivity index (χ3v) is 6.36. The van der Waals surface area contributed by atoms with Crippen LogP contribution in [0.15, 0.2) is 54.9 Å². The van der Waals surface area contributed by atoms with Gasteiger partial charge in [-0.1, -0.05) is 18.2 Å². The predicted octanol–water partition coefficient (Wildman–Crippen LogP) is 3.53. The van der Waals surface area contributed by atoms with Gasteiger partial charge in [0.2, 0.25) is 5.91 Å². The van der Waals surface area contributed by atoms with Gasteiger partial charge in [0.1, 0.15) is 11.5 Å². The summed E-state index contributed by atoms with van der Waals surface area (Å²) in [4.78, 5) is 21.3. The molecule has 0 radical (unpaired) electrons. The predicted molar refractivity (Wildman–Crippen MR) is 110 cm³/mol. The van der Waals surface area contributed by atoms with Crippen LogP contribution in [0.4, 0.5) is 10.1 Å². The molecule has 0 aliphatic carbocycles. The first-order valence-electron chi connectivity index (χ1n) is 10.4. The molecule has 2 saturated heterocycles. The van der Waals surface area contributed by atoms with E-state index in [1.54, 1.807) is 6.07 Å². The van der Waals surface area contributed by atoms with Crippen LogP contribution in [0.2, 0.25) is 0 Å². The standard InChI is InChI=1S/C23H25FN4O/c24-20-8-1-2-9-21(20)26-13-14-28-19(16-26)15-17(23(28)29)5-3-6-18-7-4-10-22-25-11-12-27(18)22/h1-2,4,7-12,17,19H,3,5-6,13-16H2/t17-,19-/m0/s1. The van der Waals surface area contributed by atoms with Crippen molar-refractivity contribution >= 4 is 17.2 Å². The second-order valence-electron chi connectivity index (χ2n) is 8.08. The van der Waals surface area contributed by atoms with Crippen LogP contribution in [0.3, 0.4) is 0 Å². The summed E-state index contributed by atoms with van der Waals surface area (Å²) in [6, 6.07) is 13.3. The van der Waals surface area contributed by atoms with Crippen molar-refractivity contribution in [2.45, 2.75) is 31.7 Å². The summed E-state index contributed by atoms with van der Waals surface area (Å²) in [5.41, 5.74) is 2.84. The first-order chi connectivity index (χ1) is 14.2. The van der Waals surface area contributed by atoms with Crippen molar-refractivity contribution in [1.29, 1.82) is 0 Å². The largest absolute Gasteiger partial charge is 0.365 e. The zero-order valence-electron chi connectivity index (χ0n) is 16.4. The molecule has 0 bridgehead atoms. The second kappa shape index (κ2) is 7.50. The van der Waals surface area contributed by atoms with E-state index in [1.165, 1.54) is 11.8 Å². The Kier molecular flexibility index (Phi) is 4.70. The van der Waals surface area contributed by atoms with Gasteiger partial charge in [0, 0.05) is 43.6 Å². The number of carbonyl (C=O) groups is 1. The summed E-state index contributed by atoms with van der Waals surface area (Å²) in [6.45, 7) is 2.10. The van der Waals surface area contributed by atoms with Crippen molar-refractivity contribution in [3.05, 3.63) is 66.4 Å². The molecule has 4 heterocycles. The summed E-state index contributed by atoms with van der Waals surface area (Å²) in [5.74, 6) is 0.182. The number of pyridine rings is 1. The first-order valence-corrected chi connectivity index (χ1v) is 10.4. The van der Waals surface area contributed by atoms with E-state index in [1.807, 2.05) is 41.6 Å². The van der Waals surface area contributed by atoms with Crippen LogP contribution >= 0.6 is 0 Å². The lowest BCUT2D eigenvalue weighted by molar-refractivity contribution is -0.132. The average molecular weight is 392 g/mol. The number of rotatable bonds is 5. The molecule has 5 rings (SSSR count). The van der Waals surface area contributed by atoms with Crippen LogP contribution in [0, 0.1) is 11.7 Å². The van der Waals surface area contributed by atoms with Crippen LogP contribution in [-0.2, 0) is 11.2 Å². The highest BCUT2D eigenvalue weighted by molar-refractivity contribution is 5.82. The molecule has 2 aliphatic rings. The van der Waals surface area contributed by atoms with E-state index in [0.29, 0.717) is 18.8 Å². The maximum Gasteiger partial charge on any atom is 0.226 e. The number of fused-ring (bicyclic) bond motifs is 2. The zero-order chi connectivity index (χ0) is 19.8. The smallest absolute Gasteiger partial charge is 0.226 e. The van der Waals surface area contributed by atoms with Gasteiger partial charge >= 0.3 is 0 Å². The van der Waals surface area contributed by atoms with Crippen LogP contribution < -0.4 is 4.90 Å². The number of benzene rings is 1. The maximum absolute atomic E-state index is 14.2. The van der Waals surface area contributed by atoms with E-state index in [0.717, 1.165) is 37.9 Å². The third kappa shape index (κ3) is 3.37. The number of aromatic nitrogens is 2. The van der Waals surface area contributed by atoms with Crippen LogP contribution in [0.5, 0.6) is 0 Å². The van der Waals surface area contributed by atoms with Gasteiger partial charge in [-0.25, -0.2) is 9.37 Å². The molecule has 0 unspecified atom stereocenters. The Bertz CT molecular complexity index is 1030. The number of nitrogens with zero attached hydrogens (tertiary/aromatic N) is 4. The number of hydrogen-bond donors (Lipinski definition) is 0. The van der Waals surface area contributed by atoms with Crippen LogP contribution in [-0.4, -0.2) is 45.9 Å². The Hall–Kier alpha value is -2.89. The van der Waals surface area contributed by atoms with E-state index in [4.69, 9.17) is 0 Å². The molecule has 0 spiro atoms. The SMILES string of the molecule is O=C1[C@@H](CCCc2cccc3nccn23)C[C@H]2CN(c3ccccc3F)CCN12. The van der Waals surface area contributed by atoms with Gasteiger partial charge < -0.3 is 14.2 Å². The minimum Gasteiger partial charge on any atom is -0.365 e. The van der Waals surface area contributed by atoms with Crippen molar-refractivity contribution in [3.8, 4) is 0 Å². The molecule has 2 fully saturated rings. The summed E-state index contributed by atoms with van der Waals surface area (Å²) in [5, 5.41) is 0. The van der Waals surface area contributed by atoms with E-state index in [2.05, 4.69) is 20.4 Å². The normalized spacial score (nSPS) is 21.8. The lowest BCUT2D eigenvalue weighted by Crippen LogP contribution is -2.51. The van der Waals surface area contributed by atoms with E-state index in [-0.39, 0.29) is 23.7 Å². The Morgan fingerprint density at radius 1 is 1.10 bits per heavy atom. The van der Waals surface area contributed by atoms with Gasteiger partial charge in [-0.15, -0.1) is 0 Å². The molecule has 2 atom stereocenters. The topological polar surface area (TPSA) is 40.9 Å². The third-order valence-electron chi connectivity index (χ3n) is 6.36. The number of halogens is 1. The molecule has 2 aromatic heterocycles. The molecule has 1 amide bonds. The molecule has 3 aromatic rings. The Morgan fingerprint density at radius 3 is 2.90 bits per heavy atom. The molecule has 150 valence electrons. The van der Waals surface area contributed by atoms with Crippen molar-refractivity contribution in [3.63, 3.8) is 0 Å². The average Bonchev–Trinajstić information content (AvgIpc) is 3.33. The van der Waals surface area contributed by atoms with E-state index in [9.17, 15) is 9.18 Å². The molecule has 0 N–H and O–H groups in total. The van der Waals surface area contributed by atoms with Crippen LogP contribution in [0.25, 0.3) is 5.65 Å². The number of carbonyl (C=O) groups excluding carboxylic acids is 1. The lowest BCUT2D eigenvalue weighted by atomic mass is 9.97. The van der Waals surface area contributed by atoms with Crippen molar-refractivity contribution in [2.24, 2.45) is 5.92 Å². The van der Waals surface area contributed by atoms with E-state index < -0.39 is 0 Å². The van der Waals surface area contributed by atoms with Gasteiger partial charge in [0.25, 0.3) is 0 Å². The molecule has 1 aromatic carbocycles. The van der Waals surface area contributed by atoms with Gasteiger partial charge in [-0.05, 0) is 49.9 Å². The number of para-hydroxylation sites is 1. The van der Waals surface area contributed by atoms with Gasteiger partial charge in [0.05, 0.1) is 11.7 Å². The fraction of sp³-hybridized carbons (Fsp3) is 0.391.